The summed E-state index contributed by atoms with van der Waals surface area (Å²) in [7, 11) is 0. The second-order valence-corrected chi connectivity index (χ2v) is 4.70. The summed E-state index contributed by atoms with van der Waals surface area (Å²) >= 11 is 0. The first kappa shape index (κ1) is 15.9. The number of aliphatic hydroxyl groups excluding tert-OH is 1. The van der Waals surface area contributed by atoms with Crippen molar-refractivity contribution in [3.63, 3.8) is 0 Å². The van der Waals surface area contributed by atoms with Crippen LogP contribution < -0.4 is 10.6 Å². The van der Waals surface area contributed by atoms with Crippen molar-refractivity contribution in [3.8, 4) is 0 Å². The number of nitrogens with one attached hydrogen (secondary N) is 2. The molecule has 3 N–H and O–H groups in total. The normalized spacial score (nSPS) is 14.2. The van der Waals surface area contributed by atoms with Gasteiger partial charge in [-0.2, -0.15) is 0 Å². The molecule has 5 nitrogen and oxygen atoms in total. The van der Waals surface area contributed by atoms with Gasteiger partial charge in [0.05, 0.1) is 0 Å². The van der Waals surface area contributed by atoms with E-state index < -0.39 is 6.04 Å². The summed E-state index contributed by atoms with van der Waals surface area (Å²) in [5, 5.41) is 14.2. The van der Waals surface area contributed by atoms with Crippen molar-refractivity contribution in [1.29, 1.82) is 0 Å². The molecule has 2 atom stereocenters. The third-order valence-electron chi connectivity index (χ3n) is 2.49. The number of hydrogen-bond acceptors (Lipinski definition) is 3. The highest BCUT2D eigenvalue weighted by atomic mass is 16.3. The lowest BCUT2D eigenvalue weighted by Gasteiger charge is -2.23. The Morgan fingerprint density at radius 1 is 1.18 bits per heavy atom. The van der Waals surface area contributed by atoms with Crippen LogP contribution in [-0.2, 0) is 9.59 Å². The van der Waals surface area contributed by atoms with Crippen LogP contribution in [0.2, 0.25) is 0 Å². The Hall–Kier alpha value is -1.10. The molecule has 0 saturated heterocycles. The lowest BCUT2D eigenvalue weighted by Crippen LogP contribution is -2.51. The zero-order valence-corrected chi connectivity index (χ0v) is 11.1. The predicted octanol–water partition coefficient (Wildman–Crippen LogP) is 0.424. The largest absolute Gasteiger partial charge is 0.396 e. The maximum Gasteiger partial charge on any atom is 0.243 e. The molecule has 0 aliphatic carbocycles. The number of carbonyl (C=O) groups excluding carboxylic acids is 2. The number of amides is 2. The molecular weight excluding hydrogens is 220 g/mol. The predicted molar refractivity (Wildman–Crippen MR) is 66.4 cm³/mol. The van der Waals surface area contributed by atoms with E-state index in [4.69, 9.17) is 5.11 Å². The lowest BCUT2D eigenvalue weighted by molar-refractivity contribution is -0.129. The third-order valence-corrected chi connectivity index (χ3v) is 2.49. The summed E-state index contributed by atoms with van der Waals surface area (Å²) in [4.78, 5) is 22.9. The second-order valence-electron chi connectivity index (χ2n) is 4.70. The van der Waals surface area contributed by atoms with Crippen molar-refractivity contribution in [1.82, 2.24) is 10.6 Å². The average molecular weight is 244 g/mol. The number of aliphatic hydroxyl groups is 1. The van der Waals surface area contributed by atoms with Gasteiger partial charge in [-0.05, 0) is 25.7 Å². The first-order valence-corrected chi connectivity index (χ1v) is 6.06. The van der Waals surface area contributed by atoms with E-state index in [1.54, 1.807) is 0 Å². The van der Waals surface area contributed by atoms with Crippen LogP contribution in [0.1, 0.15) is 40.5 Å². The summed E-state index contributed by atoms with van der Waals surface area (Å²) in [5.41, 5.74) is 0. The van der Waals surface area contributed by atoms with E-state index in [-0.39, 0.29) is 30.4 Å². The van der Waals surface area contributed by atoms with Gasteiger partial charge in [0.15, 0.2) is 0 Å². The van der Waals surface area contributed by atoms with Gasteiger partial charge >= 0.3 is 0 Å². The van der Waals surface area contributed by atoms with E-state index in [0.717, 1.165) is 6.42 Å². The van der Waals surface area contributed by atoms with Gasteiger partial charge in [0.1, 0.15) is 6.04 Å². The Bertz CT molecular complexity index is 254. The Morgan fingerprint density at radius 2 is 1.76 bits per heavy atom. The second kappa shape index (κ2) is 8.06. The molecule has 0 fully saturated rings. The van der Waals surface area contributed by atoms with Gasteiger partial charge in [0, 0.05) is 19.6 Å². The maximum absolute atomic E-state index is 11.9. The molecule has 0 aliphatic heterocycles. The van der Waals surface area contributed by atoms with Crippen LogP contribution in [0, 0.1) is 5.92 Å². The molecule has 17 heavy (non-hydrogen) atoms. The lowest BCUT2D eigenvalue weighted by atomic mass is 10.0. The standard InChI is InChI=1S/C12H24N2O3/c1-8(2)11(14-10(4)16)12(17)13-9(3)6-5-7-15/h8-9,11,15H,5-7H2,1-4H3,(H,13,17)(H,14,16). The van der Waals surface area contributed by atoms with E-state index in [0.29, 0.717) is 6.42 Å². The first-order valence-electron chi connectivity index (χ1n) is 6.06. The van der Waals surface area contributed by atoms with Crippen LogP contribution in [0.25, 0.3) is 0 Å². The highest BCUT2D eigenvalue weighted by Crippen LogP contribution is 2.03. The number of hydrogen-bond donors (Lipinski definition) is 3. The smallest absolute Gasteiger partial charge is 0.243 e. The molecule has 0 rings (SSSR count). The zero-order chi connectivity index (χ0) is 13.4. The van der Waals surface area contributed by atoms with E-state index in [2.05, 4.69) is 10.6 Å². The minimum atomic E-state index is -0.496. The van der Waals surface area contributed by atoms with Crippen molar-refractivity contribution < 1.29 is 14.7 Å². The van der Waals surface area contributed by atoms with Gasteiger partial charge in [-0.25, -0.2) is 0 Å². The van der Waals surface area contributed by atoms with Crippen molar-refractivity contribution in [3.05, 3.63) is 0 Å². The maximum atomic E-state index is 11.9. The van der Waals surface area contributed by atoms with E-state index >= 15 is 0 Å². The highest BCUT2D eigenvalue weighted by Gasteiger charge is 2.23. The van der Waals surface area contributed by atoms with Crippen LogP contribution >= 0.6 is 0 Å². The molecule has 0 radical (unpaired) electrons. The number of rotatable bonds is 7. The van der Waals surface area contributed by atoms with Gasteiger partial charge in [0.25, 0.3) is 0 Å². The molecule has 0 aromatic rings. The molecule has 0 aliphatic rings. The Morgan fingerprint density at radius 3 is 2.18 bits per heavy atom. The zero-order valence-electron chi connectivity index (χ0n) is 11.1. The van der Waals surface area contributed by atoms with Gasteiger partial charge in [-0.3, -0.25) is 9.59 Å². The van der Waals surface area contributed by atoms with E-state index in [1.807, 2.05) is 20.8 Å². The van der Waals surface area contributed by atoms with E-state index in [1.165, 1.54) is 6.92 Å². The van der Waals surface area contributed by atoms with Crippen LogP contribution in [0.5, 0.6) is 0 Å². The average Bonchev–Trinajstić information content (AvgIpc) is 2.22. The summed E-state index contributed by atoms with van der Waals surface area (Å²) in [6.07, 6.45) is 1.39. The molecule has 5 heteroatoms. The van der Waals surface area contributed by atoms with Crippen molar-refractivity contribution in [2.45, 2.75) is 52.6 Å². The fourth-order valence-electron chi connectivity index (χ4n) is 1.56. The van der Waals surface area contributed by atoms with Crippen molar-refractivity contribution in [2.75, 3.05) is 6.61 Å². The van der Waals surface area contributed by atoms with Crippen LogP contribution in [0.3, 0.4) is 0 Å². The highest BCUT2D eigenvalue weighted by molar-refractivity contribution is 5.87. The van der Waals surface area contributed by atoms with Crippen molar-refractivity contribution in [2.24, 2.45) is 5.92 Å². The molecule has 2 amide bonds. The minimum Gasteiger partial charge on any atom is -0.396 e. The fraction of sp³-hybridized carbons (Fsp3) is 0.833. The van der Waals surface area contributed by atoms with Gasteiger partial charge in [-0.1, -0.05) is 13.8 Å². The molecule has 0 spiro atoms. The summed E-state index contributed by atoms with van der Waals surface area (Å²) < 4.78 is 0. The Balaban J connectivity index is 4.27. The molecule has 0 aromatic carbocycles. The quantitative estimate of drug-likeness (QED) is 0.607. The van der Waals surface area contributed by atoms with Crippen LogP contribution in [0.15, 0.2) is 0 Å². The topological polar surface area (TPSA) is 78.4 Å². The van der Waals surface area contributed by atoms with Gasteiger partial charge in [0.2, 0.25) is 11.8 Å². The SMILES string of the molecule is CC(=O)NC(C(=O)NC(C)CCCO)C(C)C. The molecule has 0 aromatic heterocycles. The molecular formula is C12H24N2O3. The summed E-state index contributed by atoms with van der Waals surface area (Å²) in [6, 6.07) is -0.492. The van der Waals surface area contributed by atoms with E-state index in [9.17, 15) is 9.59 Å². The van der Waals surface area contributed by atoms with Gasteiger partial charge in [-0.15, -0.1) is 0 Å². The Kier molecular flexibility index (Phi) is 7.54. The molecule has 2 unspecified atom stereocenters. The summed E-state index contributed by atoms with van der Waals surface area (Å²) in [6.45, 7) is 7.19. The molecule has 0 heterocycles. The molecule has 100 valence electrons. The minimum absolute atomic E-state index is 0.00431. The van der Waals surface area contributed by atoms with Gasteiger partial charge < -0.3 is 15.7 Å². The first-order chi connectivity index (χ1) is 7.88. The third kappa shape index (κ3) is 6.94. The van der Waals surface area contributed by atoms with Crippen molar-refractivity contribution >= 4 is 11.8 Å². The Labute approximate surface area is 103 Å². The fourth-order valence-corrected chi connectivity index (χ4v) is 1.56. The van der Waals surface area contributed by atoms with Crippen LogP contribution in [0.4, 0.5) is 0 Å². The summed E-state index contributed by atoms with van der Waals surface area (Å²) in [5.74, 6) is -0.327. The molecule has 0 bridgehead atoms. The van der Waals surface area contributed by atoms with Crippen LogP contribution in [-0.4, -0.2) is 35.6 Å². The molecule has 0 saturated carbocycles. The monoisotopic (exact) mass is 244 g/mol. The number of carbonyl (C=O) groups is 2.